The molecule has 0 saturated carbocycles. The Kier molecular flexibility index (Phi) is 4.27. The molecule has 0 spiro atoms. The highest BCUT2D eigenvalue weighted by Gasteiger charge is 2.18. The zero-order valence-electron chi connectivity index (χ0n) is 10.3. The van der Waals surface area contributed by atoms with Crippen molar-refractivity contribution >= 4 is 23.2 Å². The summed E-state index contributed by atoms with van der Waals surface area (Å²) >= 11 is 12.3. The zero-order valence-corrected chi connectivity index (χ0v) is 11.8. The van der Waals surface area contributed by atoms with Crippen LogP contribution in [0.2, 0.25) is 10.0 Å². The van der Waals surface area contributed by atoms with E-state index in [2.05, 4.69) is 10.4 Å². The highest BCUT2D eigenvalue weighted by Crippen LogP contribution is 2.29. The van der Waals surface area contributed by atoms with E-state index in [-0.39, 0.29) is 6.04 Å². The van der Waals surface area contributed by atoms with E-state index in [4.69, 9.17) is 23.2 Å². The van der Waals surface area contributed by atoms with Gasteiger partial charge in [0.1, 0.15) is 0 Å². The number of aromatic nitrogens is 2. The van der Waals surface area contributed by atoms with Crippen LogP contribution in [0.25, 0.3) is 0 Å². The predicted molar refractivity (Wildman–Crippen MR) is 75.2 cm³/mol. The molecule has 0 radical (unpaired) electrons. The number of hydrogen-bond acceptors (Lipinski definition) is 2. The molecule has 0 bridgehead atoms. The summed E-state index contributed by atoms with van der Waals surface area (Å²) in [6.07, 6.45) is 1.91. The van der Waals surface area contributed by atoms with E-state index in [1.54, 1.807) is 10.7 Å². The first kappa shape index (κ1) is 13.4. The first-order valence-electron chi connectivity index (χ1n) is 5.79. The van der Waals surface area contributed by atoms with Crippen molar-refractivity contribution < 1.29 is 0 Å². The average Bonchev–Trinajstić information content (AvgIpc) is 2.76. The highest BCUT2D eigenvalue weighted by molar-refractivity contribution is 6.33. The van der Waals surface area contributed by atoms with E-state index in [1.807, 2.05) is 38.4 Å². The third-order valence-corrected chi connectivity index (χ3v) is 3.29. The fraction of sp³-hybridized carbons (Fsp3) is 0.308. The SMILES string of the molecule is CCNC(c1ccn(C)n1)c1cc(Cl)ccc1Cl. The van der Waals surface area contributed by atoms with E-state index < -0.39 is 0 Å². The van der Waals surface area contributed by atoms with Crippen molar-refractivity contribution in [2.45, 2.75) is 13.0 Å². The summed E-state index contributed by atoms with van der Waals surface area (Å²) in [7, 11) is 1.89. The van der Waals surface area contributed by atoms with Gasteiger partial charge in [-0.2, -0.15) is 5.10 Å². The second-order valence-corrected chi connectivity index (χ2v) is 4.91. The number of rotatable bonds is 4. The zero-order chi connectivity index (χ0) is 13.1. The van der Waals surface area contributed by atoms with Crippen molar-refractivity contribution in [1.29, 1.82) is 0 Å². The molecule has 0 aliphatic rings. The second-order valence-electron chi connectivity index (χ2n) is 4.07. The summed E-state index contributed by atoms with van der Waals surface area (Å²) < 4.78 is 1.78. The fourth-order valence-corrected chi connectivity index (χ4v) is 2.31. The lowest BCUT2D eigenvalue weighted by atomic mass is 10.0. The molecule has 1 aromatic carbocycles. The maximum Gasteiger partial charge on any atom is 0.0839 e. The number of nitrogens with one attached hydrogen (secondary N) is 1. The standard InChI is InChI=1S/C13H15Cl2N3/c1-3-16-13(12-6-7-18(2)17-12)10-8-9(14)4-5-11(10)15/h4-8,13,16H,3H2,1-2H3. The van der Waals surface area contributed by atoms with Crippen LogP contribution in [0, 0.1) is 0 Å². The van der Waals surface area contributed by atoms with Crippen molar-refractivity contribution in [3.63, 3.8) is 0 Å². The van der Waals surface area contributed by atoms with Crippen molar-refractivity contribution in [1.82, 2.24) is 15.1 Å². The van der Waals surface area contributed by atoms with Gasteiger partial charge in [0.15, 0.2) is 0 Å². The number of halogens is 2. The molecule has 0 aliphatic carbocycles. The Balaban J connectivity index is 2.44. The molecule has 1 atom stereocenters. The van der Waals surface area contributed by atoms with E-state index in [1.165, 1.54) is 0 Å². The molecule has 2 rings (SSSR count). The smallest absolute Gasteiger partial charge is 0.0839 e. The number of nitrogens with zero attached hydrogens (tertiary/aromatic N) is 2. The first-order chi connectivity index (χ1) is 8.61. The van der Waals surface area contributed by atoms with Crippen LogP contribution in [0.1, 0.15) is 24.2 Å². The van der Waals surface area contributed by atoms with Crippen LogP contribution in [0.4, 0.5) is 0 Å². The van der Waals surface area contributed by atoms with E-state index in [0.29, 0.717) is 10.0 Å². The highest BCUT2D eigenvalue weighted by atomic mass is 35.5. The van der Waals surface area contributed by atoms with Crippen molar-refractivity contribution in [2.24, 2.45) is 7.05 Å². The van der Waals surface area contributed by atoms with Gasteiger partial charge in [0.25, 0.3) is 0 Å². The minimum absolute atomic E-state index is 0.0394. The molecule has 1 heterocycles. The van der Waals surface area contributed by atoms with Crippen molar-refractivity contribution in [2.75, 3.05) is 6.54 Å². The number of benzene rings is 1. The average molecular weight is 284 g/mol. The van der Waals surface area contributed by atoms with Gasteiger partial charge >= 0.3 is 0 Å². The monoisotopic (exact) mass is 283 g/mol. The van der Waals surface area contributed by atoms with Crippen LogP contribution in [0.5, 0.6) is 0 Å². The maximum atomic E-state index is 6.25. The molecular weight excluding hydrogens is 269 g/mol. The lowest BCUT2D eigenvalue weighted by Gasteiger charge is -2.17. The normalized spacial score (nSPS) is 12.7. The molecule has 18 heavy (non-hydrogen) atoms. The molecule has 2 aromatic rings. The van der Waals surface area contributed by atoms with Crippen molar-refractivity contribution in [3.8, 4) is 0 Å². The molecule has 0 saturated heterocycles. The Morgan fingerprint density at radius 1 is 1.33 bits per heavy atom. The summed E-state index contributed by atoms with van der Waals surface area (Å²) in [4.78, 5) is 0. The van der Waals surface area contributed by atoms with Crippen LogP contribution in [-0.2, 0) is 7.05 Å². The number of hydrogen-bond donors (Lipinski definition) is 1. The van der Waals surface area contributed by atoms with Gasteiger partial charge in [-0.25, -0.2) is 0 Å². The Morgan fingerprint density at radius 3 is 2.72 bits per heavy atom. The first-order valence-corrected chi connectivity index (χ1v) is 6.55. The summed E-state index contributed by atoms with van der Waals surface area (Å²) in [6, 6.07) is 7.42. The van der Waals surface area contributed by atoms with Gasteiger partial charge in [0, 0.05) is 23.3 Å². The molecule has 0 amide bonds. The second kappa shape index (κ2) is 5.74. The van der Waals surface area contributed by atoms with Crippen LogP contribution in [0.3, 0.4) is 0 Å². The van der Waals surface area contributed by atoms with E-state index in [0.717, 1.165) is 17.8 Å². The van der Waals surface area contributed by atoms with E-state index >= 15 is 0 Å². The lowest BCUT2D eigenvalue weighted by Crippen LogP contribution is -2.23. The quantitative estimate of drug-likeness (QED) is 0.932. The molecule has 1 N–H and O–H groups in total. The minimum Gasteiger partial charge on any atom is -0.305 e. The Morgan fingerprint density at radius 2 is 2.11 bits per heavy atom. The number of aryl methyl sites for hydroxylation is 1. The molecular formula is C13H15Cl2N3. The maximum absolute atomic E-state index is 6.25. The molecule has 1 unspecified atom stereocenters. The summed E-state index contributed by atoms with van der Waals surface area (Å²) in [5.41, 5.74) is 1.88. The molecule has 96 valence electrons. The van der Waals surface area contributed by atoms with Crippen LogP contribution >= 0.6 is 23.2 Å². The Labute approximate surface area is 117 Å². The summed E-state index contributed by atoms with van der Waals surface area (Å²) in [6.45, 7) is 2.87. The van der Waals surface area contributed by atoms with Gasteiger partial charge in [-0.1, -0.05) is 30.1 Å². The lowest BCUT2D eigenvalue weighted by molar-refractivity contribution is 0.600. The van der Waals surface area contributed by atoms with Crippen LogP contribution in [-0.4, -0.2) is 16.3 Å². The summed E-state index contributed by atoms with van der Waals surface area (Å²) in [5.74, 6) is 0. The van der Waals surface area contributed by atoms with Gasteiger partial charge in [0.2, 0.25) is 0 Å². The topological polar surface area (TPSA) is 29.9 Å². The summed E-state index contributed by atoms with van der Waals surface area (Å²) in [5, 5.41) is 9.17. The molecule has 0 fully saturated rings. The van der Waals surface area contributed by atoms with Gasteiger partial charge in [-0.3, -0.25) is 4.68 Å². The molecule has 5 heteroatoms. The molecule has 3 nitrogen and oxygen atoms in total. The molecule has 0 aliphatic heterocycles. The Hall–Kier alpha value is -1.03. The third kappa shape index (κ3) is 2.86. The van der Waals surface area contributed by atoms with Gasteiger partial charge in [-0.05, 0) is 36.4 Å². The van der Waals surface area contributed by atoms with Crippen molar-refractivity contribution in [3.05, 3.63) is 51.8 Å². The fourth-order valence-electron chi connectivity index (χ4n) is 1.90. The Bertz CT molecular complexity index is 537. The van der Waals surface area contributed by atoms with Crippen LogP contribution < -0.4 is 5.32 Å². The predicted octanol–water partition coefficient (Wildman–Crippen LogP) is 3.43. The van der Waals surface area contributed by atoms with Gasteiger partial charge in [-0.15, -0.1) is 0 Å². The molecule has 1 aromatic heterocycles. The van der Waals surface area contributed by atoms with E-state index in [9.17, 15) is 0 Å². The van der Waals surface area contributed by atoms with Gasteiger partial charge in [0.05, 0.1) is 11.7 Å². The largest absolute Gasteiger partial charge is 0.305 e. The third-order valence-electron chi connectivity index (χ3n) is 2.71. The van der Waals surface area contributed by atoms with Gasteiger partial charge < -0.3 is 5.32 Å². The van der Waals surface area contributed by atoms with Crippen LogP contribution in [0.15, 0.2) is 30.5 Å². The minimum atomic E-state index is -0.0394.